The first-order valence-corrected chi connectivity index (χ1v) is 9.42. The van der Waals surface area contributed by atoms with Crippen molar-refractivity contribution in [2.24, 2.45) is 0 Å². The molecule has 2 amide bonds. The summed E-state index contributed by atoms with van der Waals surface area (Å²) in [5, 5.41) is 5.99. The number of carbonyl (C=O) groups is 2. The molecule has 0 radical (unpaired) electrons. The van der Waals surface area contributed by atoms with E-state index in [0.29, 0.717) is 17.0 Å². The van der Waals surface area contributed by atoms with Gasteiger partial charge in [-0.25, -0.2) is 0 Å². The van der Waals surface area contributed by atoms with Crippen molar-refractivity contribution in [1.29, 1.82) is 0 Å². The summed E-state index contributed by atoms with van der Waals surface area (Å²) in [6, 6.07) is 26.3. The predicted molar refractivity (Wildman–Crippen MR) is 111 cm³/mol. The maximum Gasteiger partial charge on any atom is 0.253 e. The zero-order chi connectivity index (χ0) is 19.8. The van der Waals surface area contributed by atoms with Crippen LogP contribution in [0.4, 0.5) is 0 Å². The lowest BCUT2D eigenvalue weighted by atomic mass is 9.99. The minimum Gasteiger partial charge on any atom is -0.347 e. The summed E-state index contributed by atoms with van der Waals surface area (Å²) in [5.41, 5.74) is 2.48. The number of rotatable bonds is 7. The number of benzene rings is 3. The van der Waals surface area contributed by atoms with Gasteiger partial charge in [0, 0.05) is 0 Å². The maximum atomic E-state index is 12.5. The molecule has 28 heavy (non-hydrogen) atoms. The summed E-state index contributed by atoms with van der Waals surface area (Å²) in [6.07, 6.45) is 0.662. The first-order valence-electron chi connectivity index (χ1n) is 9.04. The Morgan fingerprint density at radius 3 is 2.11 bits per heavy atom. The van der Waals surface area contributed by atoms with Gasteiger partial charge in [0.25, 0.3) is 5.91 Å². The lowest BCUT2D eigenvalue weighted by Crippen LogP contribution is -2.39. The molecule has 2 N–H and O–H groups in total. The molecule has 0 aliphatic rings. The van der Waals surface area contributed by atoms with Crippen LogP contribution in [-0.4, -0.2) is 18.4 Å². The summed E-state index contributed by atoms with van der Waals surface area (Å²) in [7, 11) is 0. The number of carbonyl (C=O) groups excluding carboxylic acids is 2. The van der Waals surface area contributed by atoms with Gasteiger partial charge in [-0.05, 0) is 29.7 Å². The van der Waals surface area contributed by atoms with Crippen LogP contribution < -0.4 is 10.6 Å². The molecule has 0 aromatic heterocycles. The van der Waals surface area contributed by atoms with E-state index in [1.54, 1.807) is 24.3 Å². The topological polar surface area (TPSA) is 58.2 Å². The van der Waals surface area contributed by atoms with Crippen molar-refractivity contribution in [1.82, 2.24) is 10.6 Å². The number of hydrogen-bond acceptors (Lipinski definition) is 2. The molecule has 4 nitrogen and oxygen atoms in total. The van der Waals surface area contributed by atoms with E-state index in [4.69, 9.17) is 11.6 Å². The third-order valence-corrected chi connectivity index (χ3v) is 4.68. The second-order valence-corrected chi connectivity index (χ2v) is 6.79. The second kappa shape index (κ2) is 9.72. The molecular weight excluding hydrogens is 372 g/mol. The smallest absolute Gasteiger partial charge is 0.253 e. The van der Waals surface area contributed by atoms with Gasteiger partial charge in [-0.3, -0.25) is 9.59 Å². The molecule has 3 rings (SSSR count). The molecule has 0 fully saturated rings. The lowest BCUT2D eigenvalue weighted by molar-refractivity contribution is -0.120. The lowest BCUT2D eigenvalue weighted by Gasteiger charge is -2.20. The highest BCUT2D eigenvalue weighted by Gasteiger charge is 2.16. The molecule has 3 aromatic carbocycles. The highest BCUT2D eigenvalue weighted by atomic mass is 35.5. The molecule has 0 saturated carbocycles. The van der Waals surface area contributed by atoms with Crippen molar-refractivity contribution >= 4 is 23.4 Å². The van der Waals surface area contributed by atoms with Crippen LogP contribution >= 0.6 is 11.6 Å². The normalized spacial score (nSPS) is 11.5. The molecule has 0 aliphatic heterocycles. The van der Waals surface area contributed by atoms with Crippen molar-refractivity contribution in [3.63, 3.8) is 0 Å². The fourth-order valence-electron chi connectivity index (χ4n) is 2.93. The van der Waals surface area contributed by atoms with E-state index >= 15 is 0 Å². The Balaban J connectivity index is 1.64. The Hall–Kier alpha value is -3.11. The van der Waals surface area contributed by atoms with Gasteiger partial charge in [0.2, 0.25) is 5.91 Å². The second-order valence-electron chi connectivity index (χ2n) is 6.38. The zero-order valence-electron chi connectivity index (χ0n) is 15.3. The van der Waals surface area contributed by atoms with Crippen LogP contribution in [0.25, 0.3) is 0 Å². The summed E-state index contributed by atoms with van der Waals surface area (Å²) >= 11 is 6.03. The summed E-state index contributed by atoms with van der Waals surface area (Å²) < 4.78 is 0. The molecule has 0 saturated heterocycles. The van der Waals surface area contributed by atoms with Crippen LogP contribution in [0.3, 0.4) is 0 Å². The number of hydrogen-bond donors (Lipinski definition) is 2. The van der Waals surface area contributed by atoms with E-state index in [9.17, 15) is 9.59 Å². The van der Waals surface area contributed by atoms with E-state index in [2.05, 4.69) is 10.6 Å². The minimum atomic E-state index is -0.375. The van der Waals surface area contributed by atoms with Crippen molar-refractivity contribution in [2.75, 3.05) is 6.54 Å². The number of nitrogens with one attached hydrogen (secondary N) is 2. The van der Waals surface area contributed by atoms with Gasteiger partial charge in [-0.2, -0.15) is 0 Å². The van der Waals surface area contributed by atoms with Crippen LogP contribution in [0.5, 0.6) is 0 Å². The molecule has 0 spiro atoms. The molecule has 142 valence electrons. The van der Waals surface area contributed by atoms with Crippen molar-refractivity contribution in [3.05, 3.63) is 107 Å². The van der Waals surface area contributed by atoms with Gasteiger partial charge in [0.15, 0.2) is 0 Å². The third-order valence-electron chi connectivity index (χ3n) is 4.35. The van der Waals surface area contributed by atoms with Crippen LogP contribution in [0, 0.1) is 0 Å². The Morgan fingerprint density at radius 1 is 0.821 bits per heavy atom. The summed E-state index contributed by atoms with van der Waals surface area (Å²) in [5.74, 6) is -0.634. The highest BCUT2D eigenvalue weighted by Crippen LogP contribution is 2.18. The molecular formula is C23H21ClN2O2. The molecule has 0 aliphatic carbocycles. The van der Waals surface area contributed by atoms with E-state index < -0.39 is 0 Å². The van der Waals surface area contributed by atoms with Gasteiger partial charge in [-0.15, -0.1) is 0 Å². The van der Waals surface area contributed by atoms with Gasteiger partial charge >= 0.3 is 0 Å². The van der Waals surface area contributed by atoms with Crippen LogP contribution in [-0.2, 0) is 11.2 Å². The van der Waals surface area contributed by atoms with E-state index in [1.807, 2.05) is 60.7 Å². The average Bonchev–Trinajstić information content (AvgIpc) is 2.73. The molecule has 1 unspecified atom stereocenters. The van der Waals surface area contributed by atoms with E-state index in [1.165, 1.54) is 0 Å². The van der Waals surface area contributed by atoms with Crippen LogP contribution in [0.15, 0.2) is 84.9 Å². The Bertz CT molecular complexity index is 930. The summed E-state index contributed by atoms with van der Waals surface area (Å²) in [4.78, 5) is 24.7. The third kappa shape index (κ3) is 5.44. The standard InChI is InChI=1S/C23H21ClN2O2/c24-20-14-8-7-13-19(20)23(28)25-16-22(27)26-21(18-11-5-2-6-12-18)15-17-9-3-1-4-10-17/h1-14,21H,15-16H2,(H,25,28)(H,26,27). The van der Waals surface area contributed by atoms with E-state index in [-0.39, 0.29) is 24.4 Å². The summed E-state index contributed by atoms with van der Waals surface area (Å²) in [6.45, 7) is -0.123. The molecule has 3 aromatic rings. The Kier molecular flexibility index (Phi) is 6.82. The fourth-order valence-corrected chi connectivity index (χ4v) is 3.16. The van der Waals surface area contributed by atoms with Crippen molar-refractivity contribution in [2.45, 2.75) is 12.5 Å². The fraction of sp³-hybridized carbons (Fsp3) is 0.130. The van der Waals surface area contributed by atoms with Crippen LogP contribution in [0.1, 0.15) is 27.5 Å². The molecule has 5 heteroatoms. The van der Waals surface area contributed by atoms with Gasteiger partial charge in [0.05, 0.1) is 23.2 Å². The number of amides is 2. The van der Waals surface area contributed by atoms with E-state index in [0.717, 1.165) is 11.1 Å². The van der Waals surface area contributed by atoms with Gasteiger partial charge in [-0.1, -0.05) is 84.4 Å². The monoisotopic (exact) mass is 392 g/mol. The maximum absolute atomic E-state index is 12.5. The Morgan fingerprint density at radius 2 is 1.43 bits per heavy atom. The molecule has 0 heterocycles. The quantitative estimate of drug-likeness (QED) is 0.634. The minimum absolute atomic E-state index is 0.123. The largest absolute Gasteiger partial charge is 0.347 e. The van der Waals surface area contributed by atoms with Crippen LogP contribution in [0.2, 0.25) is 5.02 Å². The number of halogens is 1. The molecule has 0 bridgehead atoms. The van der Waals surface area contributed by atoms with Gasteiger partial charge in [0.1, 0.15) is 0 Å². The van der Waals surface area contributed by atoms with Crippen molar-refractivity contribution in [3.8, 4) is 0 Å². The molecule has 1 atom stereocenters. The average molecular weight is 393 g/mol. The predicted octanol–water partition coefficient (Wildman–Crippen LogP) is 4.17. The first-order chi connectivity index (χ1) is 13.6. The zero-order valence-corrected chi connectivity index (χ0v) is 16.0. The first kappa shape index (κ1) is 19.6. The SMILES string of the molecule is O=C(CNC(=O)c1ccccc1Cl)NC(Cc1ccccc1)c1ccccc1. The van der Waals surface area contributed by atoms with Gasteiger partial charge < -0.3 is 10.6 Å². The van der Waals surface area contributed by atoms with Crippen molar-refractivity contribution < 1.29 is 9.59 Å². The Labute approximate surface area is 169 Å². The highest BCUT2D eigenvalue weighted by molar-refractivity contribution is 6.33.